The molecule has 0 aliphatic carbocycles. The fourth-order valence-corrected chi connectivity index (χ4v) is 5.15. The number of ether oxygens (including phenoxy) is 1. The largest absolute Gasteiger partial charge is 0.493 e. The average molecular weight is 460 g/mol. The number of nitrogens with zero attached hydrogens (tertiary/aromatic N) is 3. The number of carbonyl (C=O) groups excluding carboxylic acids is 1. The summed E-state index contributed by atoms with van der Waals surface area (Å²) >= 11 is 0. The van der Waals surface area contributed by atoms with Crippen LogP contribution in [0.5, 0.6) is 5.75 Å². The molecule has 1 amide bonds. The number of carbonyl (C=O) groups is 1. The fraction of sp³-hybridized carbons (Fsp3) is 0.407. The highest BCUT2D eigenvalue weighted by Gasteiger charge is 2.22. The standard InChI is InChI=1S/C27H33N5O2/c1-16(2)24-20-12-18(17-8-10-28-11-9-17)6-7-21(20)29-25(24)19-13-23(34-5)26-30-22(15-32(26)14-19)27(33)31(3)4/h6-7,12-17,28-29H,8-11H2,1-5H3. The van der Waals surface area contributed by atoms with Crippen molar-refractivity contribution in [3.63, 3.8) is 0 Å². The second kappa shape index (κ2) is 8.80. The number of fused-ring (bicyclic) bond motifs is 2. The number of aromatic amines is 1. The van der Waals surface area contributed by atoms with E-state index in [1.54, 1.807) is 27.4 Å². The van der Waals surface area contributed by atoms with Crippen LogP contribution in [0.25, 0.3) is 27.8 Å². The third-order valence-corrected chi connectivity index (χ3v) is 6.90. The van der Waals surface area contributed by atoms with Crippen LogP contribution in [0, 0.1) is 0 Å². The van der Waals surface area contributed by atoms with Crippen LogP contribution >= 0.6 is 0 Å². The van der Waals surface area contributed by atoms with Crippen LogP contribution in [0.4, 0.5) is 0 Å². The minimum Gasteiger partial charge on any atom is -0.493 e. The molecule has 0 unspecified atom stereocenters. The lowest BCUT2D eigenvalue weighted by Gasteiger charge is -2.23. The Morgan fingerprint density at radius 1 is 1.18 bits per heavy atom. The molecule has 1 aliphatic rings. The van der Waals surface area contributed by atoms with Gasteiger partial charge in [0.25, 0.3) is 5.91 Å². The van der Waals surface area contributed by atoms with Crippen LogP contribution in [-0.4, -0.2) is 59.5 Å². The Kier molecular flexibility index (Phi) is 5.81. The maximum atomic E-state index is 12.5. The predicted molar refractivity (Wildman–Crippen MR) is 136 cm³/mol. The third kappa shape index (κ3) is 3.84. The number of rotatable bonds is 5. The van der Waals surface area contributed by atoms with Crippen molar-refractivity contribution in [1.82, 2.24) is 24.6 Å². The van der Waals surface area contributed by atoms with Gasteiger partial charge in [-0.1, -0.05) is 19.9 Å². The van der Waals surface area contributed by atoms with Crippen LogP contribution in [0.3, 0.4) is 0 Å². The number of piperidine rings is 1. The molecule has 7 heteroatoms. The number of imidazole rings is 1. The van der Waals surface area contributed by atoms with Crippen molar-refractivity contribution in [3.05, 3.63) is 53.5 Å². The van der Waals surface area contributed by atoms with Gasteiger partial charge in [0.05, 0.1) is 12.8 Å². The van der Waals surface area contributed by atoms with Crippen LogP contribution in [-0.2, 0) is 0 Å². The summed E-state index contributed by atoms with van der Waals surface area (Å²) in [4.78, 5) is 22.2. The quantitative estimate of drug-likeness (QED) is 0.450. The molecule has 2 N–H and O–H groups in total. The minimum atomic E-state index is -0.133. The summed E-state index contributed by atoms with van der Waals surface area (Å²) in [6.45, 7) is 6.65. The number of amides is 1. The van der Waals surface area contributed by atoms with Crippen molar-refractivity contribution in [1.29, 1.82) is 0 Å². The van der Waals surface area contributed by atoms with Gasteiger partial charge in [-0.05, 0) is 67.1 Å². The van der Waals surface area contributed by atoms with Gasteiger partial charge in [-0.15, -0.1) is 0 Å². The van der Waals surface area contributed by atoms with Gasteiger partial charge in [0, 0.05) is 43.0 Å². The Bertz CT molecular complexity index is 1360. The van der Waals surface area contributed by atoms with E-state index in [1.807, 2.05) is 16.7 Å². The summed E-state index contributed by atoms with van der Waals surface area (Å²) in [5, 5.41) is 4.75. The minimum absolute atomic E-state index is 0.133. The van der Waals surface area contributed by atoms with E-state index in [2.05, 4.69) is 47.3 Å². The van der Waals surface area contributed by atoms with E-state index in [9.17, 15) is 4.79 Å². The molecule has 1 saturated heterocycles. The molecule has 178 valence electrons. The van der Waals surface area contributed by atoms with E-state index in [1.165, 1.54) is 34.3 Å². The number of H-pyrrole nitrogens is 1. The summed E-state index contributed by atoms with van der Waals surface area (Å²) < 4.78 is 7.58. The highest BCUT2D eigenvalue weighted by Crippen LogP contribution is 2.39. The molecule has 5 rings (SSSR count). The van der Waals surface area contributed by atoms with Gasteiger partial charge in [-0.3, -0.25) is 4.79 Å². The molecule has 1 aliphatic heterocycles. The van der Waals surface area contributed by atoms with E-state index in [0.29, 0.717) is 28.9 Å². The molecule has 1 fully saturated rings. The molecule has 34 heavy (non-hydrogen) atoms. The van der Waals surface area contributed by atoms with Crippen LogP contribution in [0.2, 0.25) is 0 Å². The molecule has 0 saturated carbocycles. The summed E-state index contributed by atoms with van der Waals surface area (Å²) in [7, 11) is 5.10. The van der Waals surface area contributed by atoms with Crippen molar-refractivity contribution >= 4 is 22.5 Å². The first-order valence-electron chi connectivity index (χ1n) is 12.0. The highest BCUT2D eigenvalue weighted by atomic mass is 16.5. The number of nitrogens with one attached hydrogen (secondary N) is 2. The number of hydrogen-bond donors (Lipinski definition) is 2. The molecule has 0 atom stereocenters. The molecule has 4 heterocycles. The Hall–Kier alpha value is -3.32. The zero-order valence-corrected chi connectivity index (χ0v) is 20.6. The Labute approximate surface area is 200 Å². The van der Waals surface area contributed by atoms with Gasteiger partial charge in [-0.25, -0.2) is 4.98 Å². The zero-order valence-electron chi connectivity index (χ0n) is 20.6. The first-order valence-corrected chi connectivity index (χ1v) is 12.0. The fourth-order valence-electron chi connectivity index (χ4n) is 5.15. The number of pyridine rings is 1. The summed E-state index contributed by atoms with van der Waals surface area (Å²) in [5.74, 6) is 1.45. The maximum Gasteiger partial charge on any atom is 0.273 e. The lowest BCUT2D eigenvalue weighted by molar-refractivity contribution is 0.0822. The van der Waals surface area contributed by atoms with Crippen molar-refractivity contribution in [2.75, 3.05) is 34.3 Å². The van der Waals surface area contributed by atoms with Gasteiger partial charge < -0.3 is 24.3 Å². The molecule has 4 aromatic rings. The van der Waals surface area contributed by atoms with E-state index in [-0.39, 0.29) is 5.91 Å². The lowest BCUT2D eigenvalue weighted by Crippen LogP contribution is -2.26. The first-order chi connectivity index (χ1) is 16.4. The third-order valence-electron chi connectivity index (χ3n) is 6.90. The van der Waals surface area contributed by atoms with Crippen LogP contribution in [0.1, 0.15) is 60.1 Å². The second-order valence-electron chi connectivity index (χ2n) is 9.75. The van der Waals surface area contributed by atoms with Gasteiger partial charge in [0.15, 0.2) is 11.4 Å². The van der Waals surface area contributed by atoms with Crippen LogP contribution in [0.15, 0.2) is 36.7 Å². The number of benzene rings is 1. The molecule has 0 spiro atoms. The normalized spacial score (nSPS) is 14.9. The molecule has 0 radical (unpaired) electrons. The monoisotopic (exact) mass is 459 g/mol. The highest BCUT2D eigenvalue weighted by molar-refractivity contribution is 5.94. The topological polar surface area (TPSA) is 74.7 Å². The molecule has 7 nitrogen and oxygen atoms in total. The summed E-state index contributed by atoms with van der Waals surface area (Å²) in [5.41, 5.74) is 6.99. The molecule has 1 aromatic carbocycles. The Morgan fingerprint density at radius 3 is 2.62 bits per heavy atom. The molecular weight excluding hydrogens is 426 g/mol. The van der Waals surface area contributed by atoms with Crippen molar-refractivity contribution < 1.29 is 9.53 Å². The van der Waals surface area contributed by atoms with E-state index >= 15 is 0 Å². The summed E-state index contributed by atoms with van der Waals surface area (Å²) in [6.07, 6.45) is 6.17. The van der Waals surface area contributed by atoms with E-state index < -0.39 is 0 Å². The number of methoxy groups -OCH3 is 1. The van der Waals surface area contributed by atoms with Crippen molar-refractivity contribution in [3.8, 4) is 17.0 Å². The van der Waals surface area contributed by atoms with Gasteiger partial charge in [0.2, 0.25) is 0 Å². The molecular formula is C27H33N5O2. The predicted octanol–water partition coefficient (Wildman–Crippen LogP) is 4.78. The Morgan fingerprint density at radius 2 is 1.94 bits per heavy atom. The first kappa shape index (κ1) is 22.5. The Balaban J connectivity index is 1.66. The maximum absolute atomic E-state index is 12.5. The van der Waals surface area contributed by atoms with E-state index in [4.69, 9.17) is 4.74 Å². The smallest absolute Gasteiger partial charge is 0.273 e. The van der Waals surface area contributed by atoms with Gasteiger partial charge in [-0.2, -0.15) is 0 Å². The number of aromatic nitrogens is 3. The number of hydrogen-bond acceptors (Lipinski definition) is 4. The van der Waals surface area contributed by atoms with Crippen molar-refractivity contribution in [2.24, 2.45) is 0 Å². The summed E-state index contributed by atoms with van der Waals surface area (Å²) in [6, 6.07) is 8.91. The van der Waals surface area contributed by atoms with E-state index in [0.717, 1.165) is 29.9 Å². The SMILES string of the molecule is COc1cc(-c2[nH]c3ccc(C4CCNCC4)cc3c2C(C)C)cn2cc(C(=O)N(C)C)nc12. The van der Waals surface area contributed by atoms with Crippen molar-refractivity contribution in [2.45, 2.75) is 38.5 Å². The second-order valence-corrected chi connectivity index (χ2v) is 9.75. The average Bonchev–Trinajstić information content (AvgIpc) is 3.44. The van der Waals surface area contributed by atoms with Gasteiger partial charge >= 0.3 is 0 Å². The van der Waals surface area contributed by atoms with Crippen LogP contribution < -0.4 is 10.1 Å². The molecule has 3 aromatic heterocycles. The lowest BCUT2D eigenvalue weighted by atomic mass is 9.88. The molecule has 0 bridgehead atoms. The van der Waals surface area contributed by atoms with Gasteiger partial charge in [0.1, 0.15) is 5.69 Å². The zero-order chi connectivity index (χ0) is 24.0.